The highest BCUT2D eigenvalue weighted by atomic mass is 19.4. The number of rotatable bonds is 6. The smallest absolute Gasteiger partial charge is 0.471 e. The van der Waals surface area contributed by atoms with E-state index in [2.05, 4.69) is 0 Å². The Balaban J connectivity index is 5.06. The van der Waals surface area contributed by atoms with Gasteiger partial charge in [0.15, 0.2) is 0 Å². The number of alkyl halides is 3. The Morgan fingerprint density at radius 2 is 1.83 bits per heavy atom. The fraction of sp³-hybridized carbons (Fsp3) is 0.800. The highest BCUT2D eigenvalue weighted by molar-refractivity contribution is 5.82. The van der Waals surface area contributed by atoms with Gasteiger partial charge in [-0.1, -0.05) is 13.8 Å². The molecule has 0 bridgehead atoms. The topological polar surface area (TPSA) is 77.8 Å². The standard InChI is InChI=1S/C10H16F3NO4/c1-3-7(5-15)14(4-6(2)8(16)17)9(18)10(11,12)13/h6-7,15H,3-5H2,1-2H3,(H,16,17). The van der Waals surface area contributed by atoms with Crippen molar-refractivity contribution in [2.24, 2.45) is 5.92 Å². The second-order valence-corrected chi connectivity index (χ2v) is 3.94. The molecule has 2 atom stereocenters. The number of carbonyl (C=O) groups is 2. The lowest BCUT2D eigenvalue weighted by atomic mass is 10.1. The average molecular weight is 271 g/mol. The van der Waals surface area contributed by atoms with Crippen LogP contribution in [0.25, 0.3) is 0 Å². The first-order valence-electron chi connectivity index (χ1n) is 5.36. The minimum absolute atomic E-state index is 0.102. The normalized spacial score (nSPS) is 15.0. The summed E-state index contributed by atoms with van der Waals surface area (Å²) in [5, 5.41) is 17.6. The van der Waals surface area contributed by atoms with Gasteiger partial charge in [-0.3, -0.25) is 9.59 Å². The van der Waals surface area contributed by atoms with E-state index < -0.39 is 43.2 Å². The molecule has 0 aromatic rings. The van der Waals surface area contributed by atoms with E-state index in [-0.39, 0.29) is 6.42 Å². The highest BCUT2D eigenvalue weighted by Crippen LogP contribution is 2.22. The van der Waals surface area contributed by atoms with Crippen molar-refractivity contribution < 1.29 is 33.0 Å². The van der Waals surface area contributed by atoms with Gasteiger partial charge in [0, 0.05) is 6.54 Å². The summed E-state index contributed by atoms with van der Waals surface area (Å²) in [5.41, 5.74) is 0. The number of carboxylic acids is 1. The van der Waals surface area contributed by atoms with E-state index in [0.717, 1.165) is 0 Å². The molecule has 0 spiro atoms. The number of nitrogens with zero attached hydrogens (tertiary/aromatic N) is 1. The Morgan fingerprint density at radius 1 is 1.33 bits per heavy atom. The lowest BCUT2D eigenvalue weighted by molar-refractivity contribution is -0.189. The molecular formula is C10H16F3NO4. The molecule has 8 heteroatoms. The molecule has 5 nitrogen and oxygen atoms in total. The summed E-state index contributed by atoms with van der Waals surface area (Å²) in [5.74, 6) is -4.57. The zero-order valence-corrected chi connectivity index (χ0v) is 10.1. The molecule has 0 rings (SSSR count). The van der Waals surface area contributed by atoms with Crippen LogP contribution in [0.5, 0.6) is 0 Å². The number of carbonyl (C=O) groups excluding carboxylic acids is 1. The van der Waals surface area contributed by atoms with Crippen LogP contribution in [0.2, 0.25) is 0 Å². The number of aliphatic carboxylic acids is 1. The van der Waals surface area contributed by atoms with E-state index >= 15 is 0 Å². The van der Waals surface area contributed by atoms with E-state index in [4.69, 9.17) is 10.2 Å². The summed E-state index contributed by atoms with van der Waals surface area (Å²) >= 11 is 0. The van der Waals surface area contributed by atoms with Crippen molar-refractivity contribution in [3.8, 4) is 0 Å². The number of halogens is 3. The summed E-state index contributed by atoms with van der Waals surface area (Å²) in [6.07, 6.45) is -4.98. The second-order valence-electron chi connectivity index (χ2n) is 3.94. The average Bonchev–Trinajstić information content (AvgIpc) is 2.26. The summed E-state index contributed by atoms with van der Waals surface area (Å²) in [6.45, 7) is 1.46. The summed E-state index contributed by atoms with van der Waals surface area (Å²) < 4.78 is 37.1. The fourth-order valence-corrected chi connectivity index (χ4v) is 1.38. The molecule has 0 aromatic carbocycles. The third-order valence-electron chi connectivity index (χ3n) is 2.52. The summed E-state index contributed by atoms with van der Waals surface area (Å²) in [6, 6.07) is -1.04. The lowest BCUT2D eigenvalue weighted by Crippen LogP contribution is -2.50. The molecule has 18 heavy (non-hydrogen) atoms. The Labute approximate surface area is 102 Å². The van der Waals surface area contributed by atoms with Crippen molar-refractivity contribution in [1.29, 1.82) is 0 Å². The molecular weight excluding hydrogens is 255 g/mol. The first kappa shape index (κ1) is 16.7. The van der Waals surface area contributed by atoms with E-state index in [9.17, 15) is 22.8 Å². The number of amides is 1. The Kier molecular flexibility index (Phi) is 6.10. The monoisotopic (exact) mass is 271 g/mol. The molecule has 0 aromatic heterocycles. The zero-order chi connectivity index (χ0) is 14.5. The Bertz CT molecular complexity index is 302. The second kappa shape index (κ2) is 6.58. The molecule has 0 aliphatic rings. The van der Waals surface area contributed by atoms with Crippen molar-refractivity contribution in [2.75, 3.05) is 13.2 Å². The van der Waals surface area contributed by atoms with E-state index in [1.54, 1.807) is 0 Å². The molecule has 106 valence electrons. The van der Waals surface area contributed by atoms with E-state index in [0.29, 0.717) is 4.90 Å². The minimum atomic E-state index is -5.08. The van der Waals surface area contributed by atoms with E-state index in [1.165, 1.54) is 13.8 Å². The lowest BCUT2D eigenvalue weighted by Gasteiger charge is -2.31. The van der Waals surface area contributed by atoms with E-state index in [1.807, 2.05) is 0 Å². The van der Waals surface area contributed by atoms with Crippen LogP contribution < -0.4 is 0 Å². The van der Waals surface area contributed by atoms with Gasteiger partial charge in [-0.25, -0.2) is 0 Å². The maximum Gasteiger partial charge on any atom is 0.471 e. The van der Waals surface area contributed by atoms with Crippen molar-refractivity contribution >= 4 is 11.9 Å². The van der Waals surface area contributed by atoms with Crippen LogP contribution in [0.1, 0.15) is 20.3 Å². The van der Waals surface area contributed by atoms with Gasteiger partial charge < -0.3 is 15.1 Å². The molecule has 2 N–H and O–H groups in total. The maximum absolute atomic E-state index is 12.4. The number of hydrogen-bond donors (Lipinski definition) is 2. The van der Waals surface area contributed by atoms with Crippen LogP contribution in [-0.2, 0) is 9.59 Å². The number of hydrogen-bond acceptors (Lipinski definition) is 3. The number of aliphatic hydroxyl groups excluding tert-OH is 1. The molecule has 0 radical (unpaired) electrons. The number of carboxylic acid groups (broad SMARTS) is 1. The Hall–Kier alpha value is -1.31. The quantitative estimate of drug-likeness (QED) is 0.751. The fourth-order valence-electron chi connectivity index (χ4n) is 1.38. The van der Waals surface area contributed by atoms with Crippen molar-refractivity contribution in [3.63, 3.8) is 0 Å². The van der Waals surface area contributed by atoms with Gasteiger partial charge in [0.1, 0.15) is 0 Å². The van der Waals surface area contributed by atoms with Crippen LogP contribution in [0.4, 0.5) is 13.2 Å². The van der Waals surface area contributed by atoms with Crippen LogP contribution in [0, 0.1) is 5.92 Å². The van der Waals surface area contributed by atoms with Gasteiger partial charge in [-0.2, -0.15) is 13.2 Å². The number of aliphatic hydroxyl groups is 1. The van der Waals surface area contributed by atoms with Crippen LogP contribution >= 0.6 is 0 Å². The molecule has 0 heterocycles. The SMILES string of the molecule is CCC(CO)N(CC(C)C(=O)O)C(=O)C(F)(F)F. The van der Waals surface area contributed by atoms with Crippen molar-refractivity contribution in [1.82, 2.24) is 4.90 Å². The predicted octanol–water partition coefficient (Wildman–Crippen LogP) is 0.869. The van der Waals surface area contributed by atoms with Gasteiger partial charge >= 0.3 is 18.1 Å². The van der Waals surface area contributed by atoms with Crippen LogP contribution in [0.3, 0.4) is 0 Å². The van der Waals surface area contributed by atoms with Crippen LogP contribution in [0.15, 0.2) is 0 Å². The van der Waals surface area contributed by atoms with Gasteiger partial charge in [-0.05, 0) is 6.42 Å². The summed E-state index contributed by atoms with van der Waals surface area (Å²) in [4.78, 5) is 22.2. The third-order valence-corrected chi connectivity index (χ3v) is 2.52. The molecule has 0 fully saturated rings. The zero-order valence-electron chi connectivity index (χ0n) is 10.1. The minimum Gasteiger partial charge on any atom is -0.481 e. The van der Waals surface area contributed by atoms with Gasteiger partial charge in [0.25, 0.3) is 0 Å². The first-order valence-corrected chi connectivity index (χ1v) is 5.36. The summed E-state index contributed by atoms with van der Waals surface area (Å²) in [7, 11) is 0. The molecule has 2 unspecified atom stereocenters. The van der Waals surface area contributed by atoms with Crippen LogP contribution in [-0.4, -0.2) is 52.4 Å². The molecule has 0 saturated heterocycles. The van der Waals surface area contributed by atoms with Gasteiger partial charge in [0.05, 0.1) is 18.6 Å². The van der Waals surface area contributed by atoms with Gasteiger partial charge in [-0.15, -0.1) is 0 Å². The maximum atomic E-state index is 12.4. The van der Waals surface area contributed by atoms with Gasteiger partial charge in [0.2, 0.25) is 0 Å². The molecule has 1 amide bonds. The van der Waals surface area contributed by atoms with Crippen molar-refractivity contribution in [2.45, 2.75) is 32.5 Å². The largest absolute Gasteiger partial charge is 0.481 e. The predicted molar refractivity (Wildman–Crippen MR) is 55.7 cm³/mol. The highest BCUT2D eigenvalue weighted by Gasteiger charge is 2.44. The molecule has 0 saturated carbocycles. The Morgan fingerprint density at radius 3 is 2.11 bits per heavy atom. The first-order chi connectivity index (χ1) is 8.15. The molecule has 0 aliphatic heterocycles. The van der Waals surface area contributed by atoms with Crippen molar-refractivity contribution in [3.05, 3.63) is 0 Å². The molecule has 0 aliphatic carbocycles. The third kappa shape index (κ3) is 4.52.